The van der Waals surface area contributed by atoms with Crippen LogP contribution in [0.5, 0.6) is 5.75 Å². The summed E-state index contributed by atoms with van der Waals surface area (Å²) in [6.45, 7) is 0. The van der Waals surface area contributed by atoms with Gasteiger partial charge in [0.2, 0.25) is 11.9 Å². The monoisotopic (exact) mass is 386 g/mol. The first-order valence-electron chi connectivity index (χ1n) is 8.84. The van der Waals surface area contributed by atoms with Crippen molar-refractivity contribution in [3.05, 3.63) is 48.5 Å². The van der Waals surface area contributed by atoms with E-state index in [-0.39, 0.29) is 30.3 Å². The zero-order chi connectivity index (χ0) is 18.1. The van der Waals surface area contributed by atoms with Crippen LogP contribution in [0.4, 0.5) is 5.95 Å². The highest BCUT2D eigenvalue weighted by Gasteiger charge is 2.29. The van der Waals surface area contributed by atoms with Crippen LogP contribution < -0.4 is 15.8 Å². The molecule has 1 aliphatic rings. The largest absolute Gasteiger partial charge is 0.497 e. The van der Waals surface area contributed by atoms with Gasteiger partial charge in [-0.1, -0.05) is 12.1 Å². The topological polar surface area (TPSA) is 82.2 Å². The first-order valence-corrected chi connectivity index (χ1v) is 8.84. The molecular formula is C20H23ClN4O2. The van der Waals surface area contributed by atoms with E-state index in [4.69, 9.17) is 10.5 Å². The van der Waals surface area contributed by atoms with Gasteiger partial charge >= 0.3 is 0 Å². The number of amides is 1. The minimum atomic E-state index is -0.0471. The van der Waals surface area contributed by atoms with Crippen LogP contribution in [0.1, 0.15) is 19.3 Å². The smallest absolute Gasteiger partial charge is 0.229 e. The molecule has 6 nitrogen and oxygen atoms in total. The number of hydrogen-bond donors (Lipinski definition) is 2. The molecule has 2 atom stereocenters. The van der Waals surface area contributed by atoms with Crippen molar-refractivity contribution in [2.24, 2.45) is 11.7 Å². The number of anilines is 1. The number of para-hydroxylation sites is 2. The lowest BCUT2D eigenvalue weighted by Crippen LogP contribution is -2.24. The molecule has 1 fully saturated rings. The van der Waals surface area contributed by atoms with Crippen LogP contribution in [0.2, 0.25) is 0 Å². The number of methoxy groups -OCH3 is 1. The molecule has 0 saturated heterocycles. The number of carbonyl (C=O) groups is 1. The van der Waals surface area contributed by atoms with Crippen molar-refractivity contribution >= 4 is 35.3 Å². The Bertz CT molecular complexity index is 939. The van der Waals surface area contributed by atoms with Gasteiger partial charge in [-0.05, 0) is 55.7 Å². The Morgan fingerprint density at radius 1 is 1.19 bits per heavy atom. The predicted molar refractivity (Wildman–Crippen MR) is 109 cm³/mol. The first-order chi connectivity index (χ1) is 12.7. The number of ether oxygens (including phenoxy) is 1. The van der Waals surface area contributed by atoms with Gasteiger partial charge in [-0.2, -0.15) is 0 Å². The molecule has 0 bridgehead atoms. The Hall–Kier alpha value is -2.57. The van der Waals surface area contributed by atoms with Gasteiger partial charge in [0.1, 0.15) is 5.75 Å². The van der Waals surface area contributed by atoms with Gasteiger partial charge in [0, 0.05) is 17.6 Å². The summed E-state index contributed by atoms with van der Waals surface area (Å²) < 4.78 is 7.20. The van der Waals surface area contributed by atoms with E-state index in [0.717, 1.165) is 41.7 Å². The fourth-order valence-corrected chi connectivity index (χ4v) is 3.57. The number of imidazole rings is 1. The normalized spacial score (nSPS) is 18.9. The highest BCUT2D eigenvalue weighted by Crippen LogP contribution is 2.29. The Kier molecular flexibility index (Phi) is 5.68. The summed E-state index contributed by atoms with van der Waals surface area (Å²) in [6, 6.07) is 15.6. The highest BCUT2D eigenvalue weighted by atomic mass is 35.5. The lowest BCUT2D eigenvalue weighted by molar-refractivity contribution is -0.119. The molecule has 1 saturated carbocycles. The third kappa shape index (κ3) is 3.77. The van der Waals surface area contributed by atoms with E-state index in [0.29, 0.717) is 5.95 Å². The van der Waals surface area contributed by atoms with Gasteiger partial charge in [-0.15, -0.1) is 12.4 Å². The minimum absolute atomic E-state index is 0. The fourth-order valence-electron chi connectivity index (χ4n) is 3.57. The minimum Gasteiger partial charge on any atom is -0.497 e. The predicted octanol–water partition coefficient (Wildman–Crippen LogP) is 3.52. The van der Waals surface area contributed by atoms with Crippen molar-refractivity contribution in [2.45, 2.75) is 25.3 Å². The van der Waals surface area contributed by atoms with E-state index in [1.807, 2.05) is 53.1 Å². The summed E-state index contributed by atoms with van der Waals surface area (Å²) in [7, 11) is 1.64. The van der Waals surface area contributed by atoms with Gasteiger partial charge in [0.25, 0.3) is 0 Å². The molecule has 2 unspecified atom stereocenters. The van der Waals surface area contributed by atoms with Crippen LogP contribution >= 0.6 is 12.4 Å². The number of carbonyl (C=O) groups excluding carboxylic acids is 1. The molecule has 142 valence electrons. The molecular weight excluding hydrogens is 364 g/mol. The molecule has 0 aliphatic heterocycles. The molecule has 1 heterocycles. The number of hydrogen-bond acceptors (Lipinski definition) is 4. The van der Waals surface area contributed by atoms with Crippen LogP contribution in [0.15, 0.2) is 48.5 Å². The van der Waals surface area contributed by atoms with Gasteiger partial charge in [0.05, 0.1) is 18.1 Å². The van der Waals surface area contributed by atoms with Crippen molar-refractivity contribution in [1.82, 2.24) is 9.55 Å². The van der Waals surface area contributed by atoms with Crippen LogP contribution in [0.3, 0.4) is 0 Å². The summed E-state index contributed by atoms with van der Waals surface area (Å²) in [5.74, 6) is 1.25. The molecule has 7 heteroatoms. The maximum Gasteiger partial charge on any atom is 0.229 e. The van der Waals surface area contributed by atoms with Crippen molar-refractivity contribution < 1.29 is 9.53 Å². The van der Waals surface area contributed by atoms with E-state index in [1.54, 1.807) is 7.11 Å². The number of rotatable bonds is 4. The summed E-state index contributed by atoms with van der Waals surface area (Å²) >= 11 is 0. The molecule has 3 aromatic rings. The van der Waals surface area contributed by atoms with E-state index >= 15 is 0 Å². The summed E-state index contributed by atoms with van der Waals surface area (Å²) in [6.07, 6.45) is 2.46. The SMILES string of the molecule is COc1ccc(-n2c(NC(=O)C3CCC(N)C3)nc3ccccc32)cc1.Cl. The zero-order valence-corrected chi connectivity index (χ0v) is 15.9. The molecule has 1 aromatic heterocycles. The highest BCUT2D eigenvalue weighted by molar-refractivity contribution is 5.94. The average Bonchev–Trinajstić information content (AvgIpc) is 3.25. The summed E-state index contributed by atoms with van der Waals surface area (Å²) in [5, 5.41) is 3.02. The zero-order valence-electron chi connectivity index (χ0n) is 15.1. The van der Waals surface area contributed by atoms with E-state index in [2.05, 4.69) is 10.3 Å². The van der Waals surface area contributed by atoms with Crippen LogP contribution in [0.25, 0.3) is 16.7 Å². The fraction of sp³-hybridized carbons (Fsp3) is 0.300. The Labute approximate surface area is 164 Å². The molecule has 3 N–H and O–H groups in total. The Balaban J connectivity index is 0.00000210. The maximum atomic E-state index is 12.7. The molecule has 4 rings (SSSR count). The number of aromatic nitrogens is 2. The van der Waals surface area contributed by atoms with Crippen LogP contribution in [-0.2, 0) is 4.79 Å². The Morgan fingerprint density at radius 3 is 2.59 bits per heavy atom. The summed E-state index contributed by atoms with van der Waals surface area (Å²) in [4.78, 5) is 17.3. The van der Waals surface area contributed by atoms with Gasteiger partial charge in [0.15, 0.2) is 0 Å². The van der Waals surface area contributed by atoms with E-state index < -0.39 is 0 Å². The van der Waals surface area contributed by atoms with E-state index in [9.17, 15) is 4.79 Å². The van der Waals surface area contributed by atoms with Crippen molar-refractivity contribution in [2.75, 3.05) is 12.4 Å². The van der Waals surface area contributed by atoms with Crippen LogP contribution in [0, 0.1) is 5.92 Å². The molecule has 0 radical (unpaired) electrons. The van der Waals surface area contributed by atoms with Crippen molar-refractivity contribution in [3.8, 4) is 11.4 Å². The number of nitrogens with two attached hydrogens (primary N) is 1. The Morgan fingerprint density at radius 2 is 1.93 bits per heavy atom. The standard InChI is InChI=1S/C20H22N4O2.ClH/c1-26-16-10-8-15(9-11-16)24-18-5-3-2-4-17(18)22-20(24)23-19(25)13-6-7-14(21)12-13;/h2-5,8-11,13-14H,6-7,12,21H2,1H3,(H,22,23,25);1H. The first kappa shape index (κ1) is 19.2. The second-order valence-corrected chi connectivity index (χ2v) is 6.72. The lowest BCUT2D eigenvalue weighted by Gasteiger charge is -2.13. The quantitative estimate of drug-likeness (QED) is 0.718. The second-order valence-electron chi connectivity index (χ2n) is 6.72. The average molecular weight is 387 g/mol. The molecule has 2 aromatic carbocycles. The molecule has 0 spiro atoms. The molecule has 1 amide bonds. The van der Waals surface area contributed by atoms with Gasteiger partial charge < -0.3 is 10.5 Å². The van der Waals surface area contributed by atoms with Gasteiger partial charge in [-0.3, -0.25) is 14.7 Å². The van der Waals surface area contributed by atoms with Crippen molar-refractivity contribution in [3.63, 3.8) is 0 Å². The summed E-state index contributed by atoms with van der Waals surface area (Å²) in [5.41, 5.74) is 8.64. The third-order valence-corrected chi connectivity index (χ3v) is 4.97. The molecule has 1 aliphatic carbocycles. The maximum absolute atomic E-state index is 12.7. The van der Waals surface area contributed by atoms with Gasteiger partial charge in [-0.25, -0.2) is 4.98 Å². The number of benzene rings is 2. The number of fused-ring (bicyclic) bond motifs is 1. The second kappa shape index (κ2) is 7.98. The van der Waals surface area contributed by atoms with E-state index in [1.165, 1.54) is 0 Å². The number of halogens is 1. The number of nitrogens with one attached hydrogen (secondary N) is 1. The van der Waals surface area contributed by atoms with Crippen molar-refractivity contribution in [1.29, 1.82) is 0 Å². The van der Waals surface area contributed by atoms with Crippen LogP contribution in [-0.4, -0.2) is 28.6 Å². The third-order valence-electron chi connectivity index (χ3n) is 4.97. The number of nitrogens with zero attached hydrogens (tertiary/aromatic N) is 2. The lowest BCUT2D eigenvalue weighted by atomic mass is 10.1. The molecule has 27 heavy (non-hydrogen) atoms.